The molecule has 5 nitrogen and oxygen atoms in total. The van der Waals surface area contributed by atoms with Gasteiger partial charge in [-0.25, -0.2) is 5.43 Å². The molecule has 0 atom stereocenters. The van der Waals surface area contributed by atoms with Crippen molar-refractivity contribution >= 4 is 66.6 Å². The molecule has 28 heavy (non-hydrogen) atoms. The molecule has 2 heterocycles. The van der Waals surface area contributed by atoms with Crippen molar-refractivity contribution in [2.24, 2.45) is 5.10 Å². The number of carbonyl (C=O) groups excluding carboxylic acids is 1. The number of nitrogens with one attached hydrogen (secondary N) is 1. The van der Waals surface area contributed by atoms with E-state index in [1.807, 2.05) is 59.3 Å². The van der Waals surface area contributed by atoms with Crippen LogP contribution < -0.4 is 5.43 Å². The first-order valence-electron chi connectivity index (χ1n) is 8.16. The molecular formula is C20H12Br2ClN3O2. The third kappa shape index (κ3) is 3.92. The SMILES string of the molecule is O=C(N/N=C\c1cccn1-c1ccc(Cl)cc1)c1cc2cc(Br)cc(Br)c2o1. The van der Waals surface area contributed by atoms with E-state index in [1.54, 1.807) is 12.3 Å². The Hall–Kier alpha value is -2.35. The van der Waals surface area contributed by atoms with Crippen molar-refractivity contribution in [3.8, 4) is 5.69 Å². The standard InChI is InChI=1S/C20H12Br2ClN3O2/c21-13-8-12-9-18(28-19(12)17(22)10-13)20(27)25-24-11-16-2-1-7-26(16)15-5-3-14(23)4-6-15/h1-11H,(H,25,27)/b24-11-. The molecule has 0 spiro atoms. The van der Waals surface area contributed by atoms with E-state index in [0.717, 1.165) is 25.7 Å². The van der Waals surface area contributed by atoms with E-state index >= 15 is 0 Å². The summed E-state index contributed by atoms with van der Waals surface area (Å²) >= 11 is 12.8. The number of hydrogen-bond donors (Lipinski definition) is 1. The highest BCUT2D eigenvalue weighted by Gasteiger charge is 2.14. The summed E-state index contributed by atoms with van der Waals surface area (Å²) in [6.45, 7) is 0. The van der Waals surface area contributed by atoms with Gasteiger partial charge < -0.3 is 8.98 Å². The molecule has 4 aromatic rings. The summed E-state index contributed by atoms with van der Waals surface area (Å²) < 4.78 is 9.22. The van der Waals surface area contributed by atoms with Gasteiger partial charge in [-0.2, -0.15) is 5.10 Å². The number of fused-ring (bicyclic) bond motifs is 1. The Bertz CT molecular complexity index is 1200. The van der Waals surface area contributed by atoms with Gasteiger partial charge in [0.05, 0.1) is 16.4 Å². The minimum atomic E-state index is -0.430. The zero-order chi connectivity index (χ0) is 19.7. The van der Waals surface area contributed by atoms with Crippen LogP contribution in [0.1, 0.15) is 16.2 Å². The molecule has 0 radical (unpaired) electrons. The summed E-state index contributed by atoms with van der Waals surface area (Å²) in [5.74, 6) is -0.251. The summed E-state index contributed by atoms with van der Waals surface area (Å²) in [6, 6.07) is 16.6. The number of hydrogen-bond acceptors (Lipinski definition) is 3. The lowest BCUT2D eigenvalue weighted by Crippen LogP contribution is -2.17. The van der Waals surface area contributed by atoms with E-state index in [4.69, 9.17) is 16.0 Å². The molecule has 1 amide bonds. The lowest BCUT2D eigenvalue weighted by Gasteiger charge is -2.06. The van der Waals surface area contributed by atoms with Crippen LogP contribution in [0.4, 0.5) is 0 Å². The van der Waals surface area contributed by atoms with Crippen LogP contribution in [0.5, 0.6) is 0 Å². The molecule has 8 heteroatoms. The monoisotopic (exact) mass is 519 g/mol. The van der Waals surface area contributed by atoms with Crippen LogP contribution >= 0.6 is 43.5 Å². The smallest absolute Gasteiger partial charge is 0.307 e. The highest BCUT2D eigenvalue weighted by molar-refractivity contribution is 9.11. The maximum absolute atomic E-state index is 12.4. The van der Waals surface area contributed by atoms with Gasteiger partial charge in [0.15, 0.2) is 5.76 Å². The highest BCUT2D eigenvalue weighted by atomic mass is 79.9. The predicted molar refractivity (Wildman–Crippen MR) is 117 cm³/mol. The molecule has 0 unspecified atom stereocenters. The molecule has 140 valence electrons. The number of furan rings is 1. The van der Waals surface area contributed by atoms with Crippen molar-refractivity contribution in [3.63, 3.8) is 0 Å². The summed E-state index contributed by atoms with van der Waals surface area (Å²) in [4.78, 5) is 12.4. The van der Waals surface area contributed by atoms with Gasteiger partial charge in [-0.05, 0) is 70.5 Å². The Balaban J connectivity index is 1.51. The van der Waals surface area contributed by atoms with E-state index in [-0.39, 0.29) is 5.76 Å². The molecule has 0 saturated heterocycles. The van der Waals surface area contributed by atoms with Gasteiger partial charge in [0.25, 0.3) is 0 Å². The normalized spacial score (nSPS) is 11.4. The number of aromatic nitrogens is 1. The maximum Gasteiger partial charge on any atom is 0.307 e. The zero-order valence-electron chi connectivity index (χ0n) is 14.2. The maximum atomic E-state index is 12.4. The first-order chi connectivity index (χ1) is 13.5. The number of halogens is 3. The number of benzene rings is 2. The van der Waals surface area contributed by atoms with Crippen LogP contribution in [0.15, 0.2) is 79.3 Å². The minimum Gasteiger partial charge on any atom is -0.450 e. The van der Waals surface area contributed by atoms with Crippen molar-refractivity contribution in [2.45, 2.75) is 0 Å². The lowest BCUT2D eigenvalue weighted by atomic mass is 10.2. The Morgan fingerprint density at radius 2 is 1.93 bits per heavy atom. The third-order valence-corrected chi connectivity index (χ3v) is 5.31. The first kappa shape index (κ1) is 19.0. The average molecular weight is 522 g/mol. The number of carbonyl (C=O) groups is 1. The van der Waals surface area contributed by atoms with Crippen molar-refractivity contribution in [1.82, 2.24) is 9.99 Å². The van der Waals surface area contributed by atoms with Crippen LogP contribution in [0.25, 0.3) is 16.7 Å². The van der Waals surface area contributed by atoms with Gasteiger partial charge in [-0.15, -0.1) is 0 Å². The molecule has 0 aliphatic carbocycles. The van der Waals surface area contributed by atoms with Crippen LogP contribution in [0, 0.1) is 0 Å². The lowest BCUT2D eigenvalue weighted by molar-refractivity contribution is 0.0929. The van der Waals surface area contributed by atoms with Crippen molar-refractivity contribution in [1.29, 1.82) is 0 Å². The molecule has 0 bridgehead atoms. The molecule has 0 saturated carbocycles. The second kappa shape index (κ2) is 7.95. The van der Waals surface area contributed by atoms with Crippen LogP contribution in [-0.4, -0.2) is 16.7 Å². The molecule has 2 aromatic heterocycles. The summed E-state index contributed by atoms with van der Waals surface area (Å²) in [6.07, 6.45) is 3.47. The van der Waals surface area contributed by atoms with E-state index in [1.165, 1.54) is 0 Å². The zero-order valence-corrected chi connectivity index (χ0v) is 18.1. The van der Waals surface area contributed by atoms with Gasteiger partial charge in [-0.3, -0.25) is 4.79 Å². The molecular weight excluding hydrogens is 510 g/mol. The molecule has 0 fully saturated rings. The highest BCUT2D eigenvalue weighted by Crippen LogP contribution is 2.30. The van der Waals surface area contributed by atoms with E-state index < -0.39 is 5.91 Å². The van der Waals surface area contributed by atoms with E-state index in [0.29, 0.717) is 10.6 Å². The minimum absolute atomic E-state index is 0.180. The fourth-order valence-corrected chi connectivity index (χ4v) is 4.20. The number of nitrogens with zero attached hydrogens (tertiary/aromatic N) is 2. The Morgan fingerprint density at radius 3 is 2.71 bits per heavy atom. The summed E-state index contributed by atoms with van der Waals surface area (Å²) in [7, 11) is 0. The number of rotatable bonds is 4. The van der Waals surface area contributed by atoms with Crippen LogP contribution in [0.3, 0.4) is 0 Å². The Kier molecular flexibility index (Phi) is 5.39. The fraction of sp³-hybridized carbons (Fsp3) is 0. The average Bonchev–Trinajstić information content (AvgIpc) is 3.29. The first-order valence-corrected chi connectivity index (χ1v) is 10.1. The number of amides is 1. The molecule has 0 aliphatic heterocycles. The van der Waals surface area contributed by atoms with Gasteiger partial charge in [0.2, 0.25) is 0 Å². The Labute approximate surface area is 182 Å². The second-order valence-corrected chi connectivity index (χ2v) is 8.10. The molecule has 0 aliphatic rings. The second-order valence-electron chi connectivity index (χ2n) is 5.90. The van der Waals surface area contributed by atoms with Crippen molar-refractivity contribution < 1.29 is 9.21 Å². The quantitative estimate of drug-likeness (QED) is 0.258. The van der Waals surface area contributed by atoms with Crippen molar-refractivity contribution in [3.05, 3.63) is 86.2 Å². The fourth-order valence-electron chi connectivity index (χ4n) is 2.74. The Morgan fingerprint density at radius 1 is 1.14 bits per heavy atom. The molecule has 4 rings (SSSR count). The molecule has 2 aromatic carbocycles. The number of hydrazone groups is 1. The molecule has 1 N–H and O–H groups in total. The predicted octanol–water partition coefficient (Wildman–Crippen LogP) is 6.17. The van der Waals surface area contributed by atoms with Gasteiger partial charge in [0.1, 0.15) is 5.58 Å². The summed E-state index contributed by atoms with van der Waals surface area (Å²) in [5.41, 5.74) is 4.85. The third-order valence-electron chi connectivity index (χ3n) is 4.01. The van der Waals surface area contributed by atoms with Gasteiger partial charge in [0, 0.05) is 26.8 Å². The largest absolute Gasteiger partial charge is 0.450 e. The van der Waals surface area contributed by atoms with Gasteiger partial charge in [-0.1, -0.05) is 27.5 Å². The topological polar surface area (TPSA) is 59.5 Å². The van der Waals surface area contributed by atoms with Crippen LogP contribution in [-0.2, 0) is 0 Å². The van der Waals surface area contributed by atoms with Crippen LogP contribution in [0.2, 0.25) is 5.02 Å². The van der Waals surface area contributed by atoms with Crippen molar-refractivity contribution in [2.75, 3.05) is 0 Å². The van der Waals surface area contributed by atoms with Gasteiger partial charge >= 0.3 is 5.91 Å². The van der Waals surface area contributed by atoms with E-state index in [9.17, 15) is 4.79 Å². The summed E-state index contributed by atoms with van der Waals surface area (Å²) in [5, 5.41) is 5.53. The van der Waals surface area contributed by atoms with E-state index in [2.05, 4.69) is 42.4 Å².